The molecule has 1 aromatic carbocycles. The number of carbonyl (C=O) groups is 2. The molecular weight excluding hydrogens is 360 g/mol. The van der Waals surface area contributed by atoms with Crippen molar-refractivity contribution in [3.05, 3.63) is 30.9 Å². The van der Waals surface area contributed by atoms with Crippen molar-refractivity contribution in [3.63, 3.8) is 0 Å². The number of anilines is 2. The number of cyclic esters (lactones) is 1. The summed E-state index contributed by atoms with van der Waals surface area (Å²) in [5, 5.41) is 3.45. The van der Waals surface area contributed by atoms with Crippen LogP contribution in [-0.4, -0.2) is 47.6 Å². The van der Waals surface area contributed by atoms with E-state index in [0.717, 1.165) is 12.8 Å². The summed E-state index contributed by atoms with van der Waals surface area (Å²) in [4.78, 5) is 34.5. The molecule has 3 rings (SSSR count). The lowest BCUT2D eigenvalue weighted by Gasteiger charge is -2.31. The fourth-order valence-electron chi connectivity index (χ4n) is 2.97. The van der Waals surface area contributed by atoms with Gasteiger partial charge in [-0.2, -0.15) is 9.97 Å². The van der Waals surface area contributed by atoms with Crippen molar-refractivity contribution in [1.82, 2.24) is 9.97 Å². The van der Waals surface area contributed by atoms with Crippen LogP contribution in [0, 0.1) is 0 Å². The van der Waals surface area contributed by atoms with Gasteiger partial charge in [0.25, 0.3) is 0 Å². The third-order valence-corrected chi connectivity index (χ3v) is 4.27. The summed E-state index contributed by atoms with van der Waals surface area (Å²) in [7, 11) is 0. The highest BCUT2D eigenvalue weighted by Crippen LogP contribution is 2.30. The van der Waals surface area contributed by atoms with Crippen LogP contribution < -0.4 is 15.0 Å². The molecule has 0 unspecified atom stereocenters. The van der Waals surface area contributed by atoms with Gasteiger partial charge >= 0.3 is 12.0 Å². The predicted molar refractivity (Wildman–Crippen MR) is 107 cm³/mol. The molecule has 1 aliphatic heterocycles. The van der Waals surface area contributed by atoms with E-state index >= 15 is 0 Å². The quantitative estimate of drug-likeness (QED) is 0.446. The predicted octanol–water partition coefficient (Wildman–Crippen LogP) is 2.68. The largest absolute Gasteiger partial charge is 0.463 e. The van der Waals surface area contributed by atoms with Crippen LogP contribution >= 0.6 is 0 Å². The number of ether oxygens (including phenoxy) is 2. The van der Waals surface area contributed by atoms with Gasteiger partial charge in [-0.25, -0.2) is 0 Å². The van der Waals surface area contributed by atoms with Gasteiger partial charge in [-0.05, 0) is 37.6 Å². The maximum absolute atomic E-state index is 11.9. The zero-order chi connectivity index (χ0) is 20.1. The van der Waals surface area contributed by atoms with E-state index in [1.165, 1.54) is 6.08 Å². The molecule has 1 amide bonds. The molecular formula is C20H24N4O4. The van der Waals surface area contributed by atoms with Gasteiger partial charge < -0.3 is 19.7 Å². The van der Waals surface area contributed by atoms with Crippen molar-refractivity contribution in [2.75, 3.05) is 29.9 Å². The molecule has 1 atom stereocenters. The van der Waals surface area contributed by atoms with Gasteiger partial charge in [0.15, 0.2) is 0 Å². The number of unbranched alkanes of at least 4 members (excludes halogenated alkanes) is 1. The standard InChI is InChI=1S/C20H24N4O4/c1-4-6-9-27-20-22-16-8-7-14(21-17(25)5-2)10-15(16)19(23-20)24-11-13(3)28-18(26)12-24/h5,7-8,10,13H,2,4,6,9,11-12H2,1,3H3,(H,21,25)/t13-/m1/s1. The Hall–Kier alpha value is -3.16. The smallest absolute Gasteiger partial charge is 0.325 e. The fourth-order valence-corrected chi connectivity index (χ4v) is 2.97. The first-order valence-electron chi connectivity index (χ1n) is 9.32. The van der Waals surface area contributed by atoms with Crippen molar-refractivity contribution >= 4 is 34.3 Å². The average molecular weight is 384 g/mol. The molecule has 0 bridgehead atoms. The van der Waals surface area contributed by atoms with Crippen molar-refractivity contribution in [1.29, 1.82) is 0 Å². The molecule has 1 aliphatic rings. The zero-order valence-corrected chi connectivity index (χ0v) is 16.1. The highest BCUT2D eigenvalue weighted by atomic mass is 16.5. The number of aromatic nitrogens is 2. The first kappa shape index (κ1) is 19.6. The summed E-state index contributed by atoms with van der Waals surface area (Å²) in [6.07, 6.45) is 2.85. The zero-order valence-electron chi connectivity index (χ0n) is 16.1. The minimum absolute atomic E-state index is 0.0914. The Kier molecular flexibility index (Phi) is 6.08. The van der Waals surface area contributed by atoms with Gasteiger partial charge in [0.05, 0.1) is 18.7 Å². The molecule has 0 radical (unpaired) electrons. The maximum Gasteiger partial charge on any atom is 0.325 e. The van der Waals surface area contributed by atoms with Gasteiger partial charge in [-0.3, -0.25) is 9.59 Å². The molecule has 2 aromatic rings. The topological polar surface area (TPSA) is 93.6 Å². The number of nitrogens with one attached hydrogen (secondary N) is 1. The van der Waals surface area contributed by atoms with Gasteiger partial charge in [-0.15, -0.1) is 0 Å². The SMILES string of the molecule is C=CC(=O)Nc1ccc2nc(OCCCC)nc(N3CC(=O)O[C@H](C)C3)c2c1. The molecule has 8 nitrogen and oxygen atoms in total. The highest BCUT2D eigenvalue weighted by Gasteiger charge is 2.27. The number of esters is 1. The molecule has 1 fully saturated rings. The molecule has 1 saturated heterocycles. The van der Waals surface area contributed by atoms with E-state index in [9.17, 15) is 9.59 Å². The Bertz CT molecular complexity index is 899. The van der Waals surface area contributed by atoms with E-state index in [1.54, 1.807) is 18.2 Å². The number of rotatable bonds is 7. The van der Waals surface area contributed by atoms with Crippen LogP contribution in [0.1, 0.15) is 26.7 Å². The van der Waals surface area contributed by atoms with E-state index in [2.05, 4.69) is 28.8 Å². The van der Waals surface area contributed by atoms with E-state index in [4.69, 9.17) is 9.47 Å². The van der Waals surface area contributed by atoms with Gasteiger partial charge in [-0.1, -0.05) is 19.9 Å². The van der Waals surface area contributed by atoms with Crippen molar-refractivity contribution in [2.24, 2.45) is 0 Å². The van der Waals surface area contributed by atoms with Crippen LogP contribution in [0.5, 0.6) is 6.01 Å². The Balaban J connectivity index is 2.03. The lowest BCUT2D eigenvalue weighted by molar-refractivity contribution is -0.148. The fraction of sp³-hybridized carbons (Fsp3) is 0.400. The Morgan fingerprint density at radius 1 is 1.46 bits per heavy atom. The molecule has 0 aliphatic carbocycles. The second-order valence-electron chi connectivity index (χ2n) is 6.64. The van der Waals surface area contributed by atoms with Crippen LogP contribution in [0.4, 0.5) is 11.5 Å². The van der Waals surface area contributed by atoms with Crippen LogP contribution in [0.25, 0.3) is 10.9 Å². The highest BCUT2D eigenvalue weighted by molar-refractivity contribution is 6.01. The van der Waals surface area contributed by atoms with Crippen molar-refractivity contribution < 1.29 is 19.1 Å². The molecule has 0 spiro atoms. The number of nitrogens with zero attached hydrogens (tertiary/aromatic N) is 3. The van der Waals surface area contributed by atoms with Crippen LogP contribution in [0.3, 0.4) is 0 Å². The maximum atomic E-state index is 11.9. The normalized spacial score (nSPS) is 16.6. The molecule has 1 N–H and O–H groups in total. The first-order valence-corrected chi connectivity index (χ1v) is 9.32. The van der Waals surface area contributed by atoms with E-state index in [1.807, 2.05) is 11.8 Å². The van der Waals surface area contributed by atoms with Crippen LogP contribution in [0.15, 0.2) is 30.9 Å². The molecule has 148 valence electrons. The van der Waals surface area contributed by atoms with Crippen LogP contribution in [0.2, 0.25) is 0 Å². The Morgan fingerprint density at radius 3 is 3.00 bits per heavy atom. The summed E-state index contributed by atoms with van der Waals surface area (Å²) in [5.74, 6) is -0.0405. The van der Waals surface area contributed by atoms with Crippen molar-refractivity contribution in [3.8, 4) is 6.01 Å². The third-order valence-electron chi connectivity index (χ3n) is 4.27. The number of hydrogen-bond acceptors (Lipinski definition) is 7. The minimum Gasteiger partial charge on any atom is -0.463 e. The number of hydrogen-bond donors (Lipinski definition) is 1. The minimum atomic E-state index is -0.310. The summed E-state index contributed by atoms with van der Waals surface area (Å²) >= 11 is 0. The number of benzene rings is 1. The summed E-state index contributed by atoms with van der Waals surface area (Å²) < 4.78 is 10.9. The van der Waals surface area contributed by atoms with Crippen molar-refractivity contribution in [2.45, 2.75) is 32.8 Å². The summed E-state index contributed by atoms with van der Waals surface area (Å²) in [6, 6.07) is 5.60. The van der Waals surface area contributed by atoms with Gasteiger partial charge in [0, 0.05) is 11.1 Å². The number of carbonyl (C=O) groups excluding carboxylic acids is 2. The molecule has 1 aromatic heterocycles. The number of morpholine rings is 1. The summed E-state index contributed by atoms with van der Waals surface area (Å²) in [6.45, 7) is 8.50. The monoisotopic (exact) mass is 384 g/mol. The Morgan fingerprint density at radius 2 is 2.29 bits per heavy atom. The number of fused-ring (bicyclic) bond motifs is 1. The number of amides is 1. The Labute approximate surface area is 163 Å². The van der Waals surface area contributed by atoms with Gasteiger partial charge in [0.2, 0.25) is 5.91 Å². The molecule has 2 heterocycles. The average Bonchev–Trinajstić information content (AvgIpc) is 2.67. The third kappa shape index (κ3) is 4.57. The second-order valence-corrected chi connectivity index (χ2v) is 6.64. The van der Waals surface area contributed by atoms with E-state index in [0.29, 0.717) is 35.6 Å². The molecule has 0 saturated carbocycles. The first-order chi connectivity index (χ1) is 13.5. The molecule has 28 heavy (non-hydrogen) atoms. The lowest BCUT2D eigenvalue weighted by Crippen LogP contribution is -2.44. The second kappa shape index (κ2) is 8.69. The van der Waals surface area contributed by atoms with Crippen LogP contribution in [-0.2, 0) is 14.3 Å². The summed E-state index contributed by atoms with van der Waals surface area (Å²) in [5.41, 5.74) is 1.26. The molecule has 8 heteroatoms. The van der Waals surface area contributed by atoms with Gasteiger partial charge in [0.1, 0.15) is 18.5 Å². The van der Waals surface area contributed by atoms with E-state index < -0.39 is 0 Å². The lowest BCUT2D eigenvalue weighted by atomic mass is 10.2. The van der Waals surface area contributed by atoms with E-state index in [-0.39, 0.29) is 30.5 Å².